The van der Waals surface area contributed by atoms with Crippen LogP contribution in [0, 0.1) is 0 Å². The number of hydrogen-bond acceptors (Lipinski definition) is 3. The maximum atomic E-state index is 12.1. The van der Waals surface area contributed by atoms with Crippen LogP contribution in [0.15, 0.2) is 24.3 Å². The van der Waals surface area contributed by atoms with Crippen molar-refractivity contribution in [1.29, 1.82) is 0 Å². The molecule has 1 aromatic carbocycles. The number of carbonyl (C=O) groups is 3. The first kappa shape index (κ1) is 20.7. The van der Waals surface area contributed by atoms with Gasteiger partial charge >= 0.3 is 5.97 Å². The molecule has 0 spiro atoms. The van der Waals surface area contributed by atoms with Crippen molar-refractivity contribution >= 4 is 17.8 Å². The highest BCUT2D eigenvalue weighted by Crippen LogP contribution is 2.22. The molecule has 0 fully saturated rings. The quantitative estimate of drug-likeness (QED) is 0.755. The Morgan fingerprint density at radius 2 is 1.72 bits per heavy atom. The number of nitrogens with one attached hydrogen (secondary N) is 1. The average Bonchev–Trinajstić information content (AvgIpc) is 2.53. The molecule has 0 aliphatic carbocycles. The van der Waals surface area contributed by atoms with Crippen LogP contribution in [-0.4, -0.2) is 47.4 Å². The predicted octanol–water partition coefficient (Wildman–Crippen LogP) is 2.43. The Morgan fingerprint density at radius 1 is 1.12 bits per heavy atom. The number of carbonyl (C=O) groups excluding carboxylic acids is 2. The molecule has 6 heteroatoms. The minimum absolute atomic E-state index is 0.0221. The summed E-state index contributed by atoms with van der Waals surface area (Å²) in [6, 6.07) is 7.39. The van der Waals surface area contributed by atoms with E-state index in [4.69, 9.17) is 5.11 Å². The van der Waals surface area contributed by atoms with E-state index in [2.05, 4.69) is 26.1 Å². The molecule has 2 amide bonds. The molecule has 0 aliphatic rings. The Morgan fingerprint density at radius 3 is 2.20 bits per heavy atom. The molecule has 0 unspecified atom stereocenters. The molecule has 0 radical (unpaired) electrons. The van der Waals surface area contributed by atoms with Crippen LogP contribution in [0.1, 0.15) is 56.5 Å². The molecular weight excluding hydrogens is 320 g/mol. The molecule has 1 rings (SSSR count). The van der Waals surface area contributed by atoms with Crippen LogP contribution in [0.5, 0.6) is 0 Å². The van der Waals surface area contributed by atoms with Crippen molar-refractivity contribution in [3.8, 4) is 0 Å². The van der Waals surface area contributed by atoms with E-state index in [1.54, 1.807) is 12.1 Å². The third kappa shape index (κ3) is 6.95. The number of benzene rings is 1. The van der Waals surface area contributed by atoms with Crippen LogP contribution in [0.25, 0.3) is 0 Å². The van der Waals surface area contributed by atoms with Gasteiger partial charge in [0, 0.05) is 25.1 Å². The van der Waals surface area contributed by atoms with Gasteiger partial charge in [-0.25, -0.2) is 0 Å². The van der Waals surface area contributed by atoms with E-state index in [1.165, 1.54) is 4.90 Å². The first-order chi connectivity index (χ1) is 11.6. The lowest BCUT2D eigenvalue weighted by Crippen LogP contribution is -2.38. The zero-order valence-electron chi connectivity index (χ0n) is 15.5. The summed E-state index contributed by atoms with van der Waals surface area (Å²) in [4.78, 5) is 36.3. The highest BCUT2D eigenvalue weighted by molar-refractivity contribution is 5.94. The molecule has 0 atom stereocenters. The second-order valence-corrected chi connectivity index (χ2v) is 7.04. The molecule has 0 aromatic heterocycles. The Balaban J connectivity index is 2.53. The summed E-state index contributed by atoms with van der Waals surface area (Å²) in [7, 11) is 0. The van der Waals surface area contributed by atoms with Gasteiger partial charge in [-0.2, -0.15) is 0 Å². The van der Waals surface area contributed by atoms with Crippen LogP contribution < -0.4 is 5.32 Å². The summed E-state index contributed by atoms with van der Waals surface area (Å²) in [6.45, 7) is 8.46. The molecule has 2 N–H and O–H groups in total. The molecule has 0 bridgehead atoms. The van der Waals surface area contributed by atoms with Crippen molar-refractivity contribution in [2.45, 2.75) is 46.0 Å². The highest BCUT2D eigenvalue weighted by Gasteiger charge is 2.17. The SMILES string of the molecule is CCCN(CC(=O)O)C(=O)CCNC(=O)c1ccc(C(C)(C)C)cc1. The van der Waals surface area contributed by atoms with Crippen molar-refractivity contribution in [3.05, 3.63) is 35.4 Å². The Bertz CT molecular complexity index is 603. The number of rotatable bonds is 8. The average molecular weight is 348 g/mol. The molecule has 0 saturated heterocycles. The van der Waals surface area contributed by atoms with E-state index in [9.17, 15) is 14.4 Å². The molecule has 25 heavy (non-hydrogen) atoms. The van der Waals surface area contributed by atoms with Gasteiger partial charge in [0.1, 0.15) is 6.54 Å². The number of hydrogen-bond donors (Lipinski definition) is 2. The van der Waals surface area contributed by atoms with Crippen LogP contribution in [0.3, 0.4) is 0 Å². The Hall–Kier alpha value is -2.37. The fraction of sp³-hybridized carbons (Fsp3) is 0.526. The molecule has 0 aliphatic heterocycles. The summed E-state index contributed by atoms with van der Waals surface area (Å²) < 4.78 is 0. The van der Waals surface area contributed by atoms with E-state index in [0.717, 1.165) is 5.56 Å². The van der Waals surface area contributed by atoms with Crippen molar-refractivity contribution in [2.24, 2.45) is 0 Å². The monoisotopic (exact) mass is 348 g/mol. The van der Waals surface area contributed by atoms with Gasteiger partial charge in [-0.05, 0) is 29.5 Å². The smallest absolute Gasteiger partial charge is 0.323 e. The number of amides is 2. The van der Waals surface area contributed by atoms with Gasteiger partial charge < -0.3 is 15.3 Å². The molecule has 0 heterocycles. The summed E-state index contributed by atoms with van der Waals surface area (Å²) in [5.41, 5.74) is 1.70. The maximum Gasteiger partial charge on any atom is 0.323 e. The van der Waals surface area contributed by atoms with Gasteiger partial charge in [0.2, 0.25) is 5.91 Å². The van der Waals surface area contributed by atoms with Gasteiger partial charge in [0.15, 0.2) is 0 Å². The zero-order chi connectivity index (χ0) is 19.0. The van der Waals surface area contributed by atoms with E-state index in [1.807, 2.05) is 19.1 Å². The van der Waals surface area contributed by atoms with Gasteiger partial charge in [-0.15, -0.1) is 0 Å². The van der Waals surface area contributed by atoms with Crippen LogP contribution >= 0.6 is 0 Å². The molecule has 6 nitrogen and oxygen atoms in total. The largest absolute Gasteiger partial charge is 0.480 e. The molecule has 138 valence electrons. The lowest BCUT2D eigenvalue weighted by molar-refractivity contribution is -0.144. The summed E-state index contributed by atoms with van der Waals surface area (Å²) >= 11 is 0. The Labute approximate surface area is 149 Å². The summed E-state index contributed by atoms with van der Waals surface area (Å²) in [5, 5.41) is 11.5. The number of carboxylic acid groups (broad SMARTS) is 1. The Kier molecular flexibility index (Phi) is 7.61. The van der Waals surface area contributed by atoms with E-state index >= 15 is 0 Å². The highest BCUT2D eigenvalue weighted by atomic mass is 16.4. The van der Waals surface area contributed by atoms with E-state index in [0.29, 0.717) is 18.5 Å². The summed E-state index contributed by atoms with van der Waals surface area (Å²) in [5.74, 6) is -1.55. The fourth-order valence-corrected chi connectivity index (χ4v) is 2.39. The first-order valence-electron chi connectivity index (χ1n) is 8.53. The van der Waals surface area contributed by atoms with Gasteiger partial charge in [0.05, 0.1) is 0 Å². The van der Waals surface area contributed by atoms with E-state index in [-0.39, 0.29) is 36.7 Å². The van der Waals surface area contributed by atoms with Gasteiger partial charge in [-0.3, -0.25) is 14.4 Å². The molecular formula is C19H28N2O4. The lowest BCUT2D eigenvalue weighted by Gasteiger charge is -2.20. The minimum Gasteiger partial charge on any atom is -0.480 e. The molecule has 0 saturated carbocycles. The van der Waals surface area contributed by atoms with Crippen molar-refractivity contribution < 1.29 is 19.5 Å². The summed E-state index contributed by atoms with van der Waals surface area (Å²) in [6.07, 6.45) is 0.768. The van der Waals surface area contributed by atoms with Crippen molar-refractivity contribution in [2.75, 3.05) is 19.6 Å². The molecule has 1 aromatic rings. The second kappa shape index (κ2) is 9.20. The van der Waals surface area contributed by atoms with Crippen LogP contribution in [0.4, 0.5) is 0 Å². The van der Waals surface area contributed by atoms with Gasteiger partial charge in [-0.1, -0.05) is 39.8 Å². The first-order valence-corrected chi connectivity index (χ1v) is 8.53. The number of carboxylic acids is 1. The number of aliphatic carboxylic acids is 1. The topological polar surface area (TPSA) is 86.7 Å². The van der Waals surface area contributed by atoms with Crippen LogP contribution in [0.2, 0.25) is 0 Å². The van der Waals surface area contributed by atoms with Gasteiger partial charge in [0.25, 0.3) is 5.91 Å². The number of nitrogens with zero attached hydrogens (tertiary/aromatic N) is 1. The maximum absolute atomic E-state index is 12.1. The third-order valence-electron chi connectivity index (χ3n) is 3.81. The predicted molar refractivity (Wildman–Crippen MR) is 96.6 cm³/mol. The zero-order valence-corrected chi connectivity index (χ0v) is 15.5. The normalized spacial score (nSPS) is 11.0. The van der Waals surface area contributed by atoms with Crippen molar-refractivity contribution in [3.63, 3.8) is 0 Å². The van der Waals surface area contributed by atoms with E-state index < -0.39 is 5.97 Å². The third-order valence-corrected chi connectivity index (χ3v) is 3.81. The van der Waals surface area contributed by atoms with Crippen molar-refractivity contribution in [1.82, 2.24) is 10.2 Å². The van der Waals surface area contributed by atoms with Crippen LogP contribution in [-0.2, 0) is 15.0 Å². The standard InChI is InChI=1S/C19H28N2O4/c1-5-12-21(13-17(23)24)16(22)10-11-20-18(25)14-6-8-15(9-7-14)19(2,3)4/h6-9H,5,10-13H2,1-4H3,(H,20,25)(H,23,24). The lowest BCUT2D eigenvalue weighted by atomic mass is 9.87. The fourth-order valence-electron chi connectivity index (χ4n) is 2.39. The minimum atomic E-state index is -1.04. The second-order valence-electron chi connectivity index (χ2n) is 7.04.